The minimum absolute atomic E-state index is 0.200. The van der Waals surface area contributed by atoms with E-state index in [0.717, 1.165) is 33.8 Å². The third kappa shape index (κ3) is 2.91. The first-order valence-corrected chi connectivity index (χ1v) is 6.93. The van der Waals surface area contributed by atoms with Crippen molar-refractivity contribution >= 4 is 11.6 Å². The lowest BCUT2D eigenvalue weighted by atomic mass is 10.0. The van der Waals surface area contributed by atoms with Gasteiger partial charge in [-0.3, -0.25) is 0 Å². The van der Waals surface area contributed by atoms with E-state index in [1.807, 2.05) is 44.2 Å². The summed E-state index contributed by atoms with van der Waals surface area (Å²) in [5, 5.41) is -0.200. The van der Waals surface area contributed by atoms with Crippen LogP contribution in [-0.2, 0) is 0 Å². The number of methoxy groups -OCH3 is 2. The minimum atomic E-state index is -0.200. The largest absolute Gasteiger partial charge is 0.496 e. The zero-order valence-corrected chi connectivity index (χ0v) is 13.0. The standard InChI is InChI=1S/C17H19ClO2/c1-11-5-6-14(10-16(11)20-4)17(18)13-7-8-15(19-3)12(2)9-13/h5-10,17H,1-4H3. The molecule has 106 valence electrons. The average molecular weight is 291 g/mol. The molecule has 0 fully saturated rings. The Kier molecular flexibility index (Phi) is 4.56. The van der Waals surface area contributed by atoms with Crippen LogP contribution in [0.2, 0.25) is 0 Å². The van der Waals surface area contributed by atoms with Crippen molar-refractivity contribution in [1.82, 2.24) is 0 Å². The molecule has 2 aromatic carbocycles. The molecule has 0 bridgehead atoms. The van der Waals surface area contributed by atoms with Gasteiger partial charge in [0.15, 0.2) is 0 Å². The number of ether oxygens (including phenoxy) is 2. The van der Waals surface area contributed by atoms with E-state index >= 15 is 0 Å². The lowest BCUT2D eigenvalue weighted by Gasteiger charge is -2.15. The van der Waals surface area contributed by atoms with Crippen molar-refractivity contribution < 1.29 is 9.47 Å². The Morgan fingerprint density at radius 2 is 1.40 bits per heavy atom. The van der Waals surface area contributed by atoms with E-state index < -0.39 is 0 Å². The molecular weight excluding hydrogens is 272 g/mol. The van der Waals surface area contributed by atoms with E-state index in [4.69, 9.17) is 21.1 Å². The van der Waals surface area contributed by atoms with Gasteiger partial charge < -0.3 is 9.47 Å². The Labute approximate surface area is 125 Å². The second kappa shape index (κ2) is 6.19. The van der Waals surface area contributed by atoms with E-state index in [2.05, 4.69) is 6.07 Å². The molecule has 0 radical (unpaired) electrons. The predicted molar refractivity (Wildman–Crippen MR) is 83.2 cm³/mol. The average Bonchev–Trinajstić information content (AvgIpc) is 2.47. The van der Waals surface area contributed by atoms with E-state index in [1.54, 1.807) is 14.2 Å². The summed E-state index contributed by atoms with van der Waals surface area (Å²) in [6.07, 6.45) is 0. The maximum absolute atomic E-state index is 6.58. The Balaban J connectivity index is 2.35. The number of rotatable bonds is 4. The van der Waals surface area contributed by atoms with Gasteiger partial charge in [0.05, 0.1) is 19.6 Å². The molecule has 0 aliphatic rings. The lowest BCUT2D eigenvalue weighted by Crippen LogP contribution is -1.97. The van der Waals surface area contributed by atoms with Gasteiger partial charge in [0.2, 0.25) is 0 Å². The number of hydrogen-bond donors (Lipinski definition) is 0. The molecule has 0 spiro atoms. The molecule has 0 heterocycles. The van der Waals surface area contributed by atoms with Crippen LogP contribution in [0.1, 0.15) is 27.6 Å². The van der Waals surface area contributed by atoms with Gasteiger partial charge in [-0.25, -0.2) is 0 Å². The summed E-state index contributed by atoms with van der Waals surface area (Å²) < 4.78 is 10.6. The third-order valence-electron chi connectivity index (χ3n) is 3.44. The van der Waals surface area contributed by atoms with Crippen molar-refractivity contribution in [3.63, 3.8) is 0 Å². The molecule has 2 aromatic rings. The van der Waals surface area contributed by atoms with Gasteiger partial charge >= 0.3 is 0 Å². The fraction of sp³-hybridized carbons (Fsp3) is 0.294. The van der Waals surface area contributed by atoms with Gasteiger partial charge in [0.1, 0.15) is 11.5 Å². The SMILES string of the molecule is COc1ccc(C(Cl)c2ccc(C)c(OC)c2)cc1C. The Morgan fingerprint density at radius 3 is 2.00 bits per heavy atom. The van der Waals surface area contributed by atoms with Crippen molar-refractivity contribution in [2.24, 2.45) is 0 Å². The van der Waals surface area contributed by atoms with Crippen LogP contribution in [0, 0.1) is 13.8 Å². The first-order valence-electron chi connectivity index (χ1n) is 6.50. The summed E-state index contributed by atoms with van der Waals surface area (Å²) in [6.45, 7) is 4.03. The van der Waals surface area contributed by atoms with E-state index in [1.165, 1.54) is 0 Å². The molecule has 0 aromatic heterocycles. The quantitative estimate of drug-likeness (QED) is 0.763. The topological polar surface area (TPSA) is 18.5 Å². The van der Waals surface area contributed by atoms with Crippen LogP contribution < -0.4 is 9.47 Å². The maximum Gasteiger partial charge on any atom is 0.122 e. The fourth-order valence-corrected chi connectivity index (χ4v) is 2.52. The molecule has 2 rings (SSSR count). The third-order valence-corrected chi connectivity index (χ3v) is 3.94. The van der Waals surface area contributed by atoms with Crippen LogP contribution in [-0.4, -0.2) is 14.2 Å². The van der Waals surface area contributed by atoms with Gasteiger partial charge in [-0.15, -0.1) is 11.6 Å². The van der Waals surface area contributed by atoms with Gasteiger partial charge in [-0.05, 0) is 48.2 Å². The van der Waals surface area contributed by atoms with Crippen molar-refractivity contribution in [1.29, 1.82) is 0 Å². The van der Waals surface area contributed by atoms with Crippen molar-refractivity contribution in [3.05, 3.63) is 58.7 Å². The normalized spacial score (nSPS) is 12.1. The van der Waals surface area contributed by atoms with Gasteiger partial charge in [0, 0.05) is 0 Å². The van der Waals surface area contributed by atoms with Gasteiger partial charge in [-0.2, -0.15) is 0 Å². The van der Waals surface area contributed by atoms with Crippen LogP contribution in [0.15, 0.2) is 36.4 Å². The first-order chi connectivity index (χ1) is 9.56. The first kappa shape index (κ1) is 14.7. The second-order valence-corrected chi connectivity index (χ2v) is 5.26. The molecule has 0 N–H and O–H groups in total. The second-order valence-electron chi connectivity index (χ2n) is 4.82. The molecule has 2 nitrogen and oxygen atoms in total. The molecule has 0 saturated heterocycles. The zero-order chi connectivity index (χ0) is 14.7. The summed E-state index contributed by atoms with van der Waals surface area (Å²) in [5.41, 5.74) is 4.26. The van der Waals surface area contributed by atoms with Crippen LogP contribution in [0.4, 0.5) is 0 Å². The number of halogens is 1. The van der Waals surface area contributed by atoms with Crippen LogP contribution in [0.5, 0.6) is 11.5 Å². The molecule has 3 heteroatoms. The van der Waals surface area contributed by atoms with Gasteiger partial charge in [-0.1, -0.05) is 24.3 Å². The molecule has 0 aliphatic heterocycles. The Morgan fingerprint density at radius 1 is 0.800 bits per heavy atom. The molecule has 0 amide bonds. The maximum atomic E-state index is 6.58. The fourth-order valence-electron chi connectivity index (χ4n) is 2.25. The van der Waals surface area contributed by atoms with E-state index in [0.29, 0.717) is 0 Å². The van der Waals surface area contributed by atoms with E-state index in [-0.39, 0.29) is 5.38 Å². The summed E-state index contributed by atoms with van der Waals surface area (Å²) in [4.78, 5) is 0. The highest BCUT2D eigenvalue weighted by Crippen LogP contribution is 2.34. The molecule has 20 heavy (non-hydrogen) atoms. The molecule has 0 saturated carbocycles. The van der Waals surface area contributed by atoms with Crippen molar-refractivity contribution in [2.45, 2.75) is 19.2 Å². The smallest absolute Gasteiger partial charge is 0.122 e. The highest BCUT2D eigenvalue weighted by molar-refractivity contribution is 6.22. The highest BCUT2D eigenvalue weighted by atomic mass is 35.5. The molecular formula is C17H19ClO2. The minimum Gasteiger partial charge on any atom is -0.496 e. The number of aryl methyl sites for hydroxylation is 2. The molecule has 1 unspecified atom stereocenters. The lowest BCUT2D eigenvalue weighted by molar-refractivity contribution is 0.411. The Bertz CT molecular complexity index is 608. The van der Waals surface area contributed by atoms with E-state index in [9.17, 15) is 0 Å². The summed E-state index contributed by atoms with van der Waals surface area (Å²) in [7, 11) is 3.35. The number of hydrogen-bond acceptors (Lipinski definition) is 2. The highest BCUT2D eigenvalue weighted by Gasteiger charge is 2.14. The zero-order valence-electron chi connectivity index (χ0n) is 12.2. The molecule has 1 atom stereocenters. The van der Waals surface area contributed by atoms with Crippen molar-refractivity contribution in [2.75, 3.05) is 14.2 Å². The molecule has 0 aliphatic carbocycles. The summed E-state index contributed by atoms with van der Waals surface area (Å²) in [6, 6.07) is 12.1. The predicted octanol–water partition coefficient (Wildman–Crippen LogP) is 4.65. The Hall–Kier alpha value is -1.67. The van der Waals surface area contributed by atoms with Crippen LogP contribution in [0.3, 0.4) is 0 Å². The monoisotopic (exact) mass is 290 g/mol. The summed E-state index contributed by atoms with van der Waals surface area (Å²) >= 11 is 6.58. The number of benzene rings is 2. The van der Waals surface area contributed by atoms with Crippen molar-refractivity contribution in [3.8, 4) is 11.5 Å². The van der Waals surface area contributed by atoms with Crippen LogP contribution >= 0.6 is 11.6 Å². The van der Waals surface area contributed by atoms with Crippen LogP contribution in [0.25, 0.3) is 0 Å². The van der Waals surface area contributed by atoms with Gasteiger partial charge in [0.25, 0.3) is 0 Å². The number of alkyl halides is 1. The summed E-state index contributed by atoms with van der Waals surface area (Å²) in [5.74, 6) is 1.73.